The van der Waals surface area contributed by atoms with E-state index in [9.17, 15) is 19.2 Å². The van der Waals surface area contributed by atoms with Crippen LogP contribution in [0, 0.1) is 0 Å². The summed E-state index contributed by atoms with van der Waals surface area (Å²) in [4.78, 5) is 45.6. The molecule has 0 spiro atoms. The SMILES string of the molecule is O=CC(=O)c1cc2ccc1CCc1ccc(c(C(=O)C=O)c1)CC2. The minimum absolute atomic E-state index is 0.350. The third kappa shape index (κ3) is 3.08. The van der Waals surface area contributed by atoms with Gasteiger partial charge in [0.25, 0.3) is 0 Å². The fraction of sp³-hybridized carbons (Fsp3) is 0.200. The van der Waals surface area contributed by atoms with Crippen LogP contribution in [0.15, 0.2) is 36.4 Å². The van der Waals surface area contributed by atoms with Gasteiger partial charge in [-0.1, -0.05) is 24.3 Å². The Morgan fingerprint density at radius 3 is 1.46 bits per heavy atom. The Morgan fingerprint density at radius 2 is 1.08 bits per heavy atom. The number of hydrogen-bond donors (Lipinski definition) is 0. The zero-order chi connectivity index (χ0) is 17.1. The van der Waals surface area contributed by atoms with E-state index in [1.165, 1.54) is 0 Å². The number of carbonyl (C=O) groups excluding carboxylic acids is 4. The topological polar surface area (TPSA) is 68.3 Å². The molecule has 0 aromatic heterocycles. The molecule has 0 heterocycles. The number of benzene rings is 2. The fourth-order valence-electron chi connectivity index (χ4n) is 3.14. The van der Waals surface area contributed by atoms with Gasteiger partial charge in [-0.15, -0.1) is 0 Å². The van der Waals surface area contributed by atoms with Crippen molar-refractivity contribution in [2.24, 2.45) is 0 Å². The first-order valence-corrected chi connectivity index (χ1v) is 7.85. The Balaban J connectivity index is 2.06. The molecule has 4 aliphatic carbocycles. The van der Waals surface area contributed by atoms with Crippen molar-refractivity contribution < 1.29 is 19.2 Å². The molecule has 0 saturated carbocycles. The van der Waals surface area contributed by atoms with Gasteiger partial charge in [0.15, 0.2) is 12.6 Å². The number of Topliss-reactive ketones (excluding diaryl/α,β-unsaturated/α-hetero) is 2. The third-order valence-electron chi connectivity index (χ3n) is 4.46. The zero-order valence-electron chi connectivity index (χ0n) is 13.1. The van der Waals surface area contributed by atoms with Crippen LogP contribution in [0.25, 0.3) is 0 Å². The molecule has 0 amide bonds. The number of aldehydes is 2. The van der Waals surface area contributed by atoms with Crippen LogP contribution < -0.4 is 0 Å². The van der Waals surface area contributed by atoms with Crippen LogP contribution in [-0.2, 0) is 35.3 Å². The molecule has 6 rings (SSSR count). The molecule has 0 N–H and O–H groups in total. The van der Waals surface area contributed by atoms with Crippen molar-refractivity contribution in [2.75, 3.05) is 0 Å². The van der Waals surface area contributed by atoms with Crippen LogP contribution >= 0.6 is 0 Å². The molecule has 0 radical (unpaired) electrons. The minimum Gasteiger partial charge on any atom is -0.294 e. The van der Waals surface area contributed by atoms with Crippen molar-refractivity contribution >= 4 is 24.1 Å². The summed E-state index contributed by atoms with van der Waals surface area (Å²) >= 11 is 0. The van der Waals surface area contributed by atoms with Crippen LogP contribution in [0.4, 0.5) is 0 Å². The van der Waals surface area contributed by atoms with Crippen LogP contribution in [0.1, 0.15) is 43.0 Å². The average Bonchev–Trinajstić information content (AvgIpc) is 2.62. The molecule has 2 aromatic rings. The summed E-state index contributed by atoms with van der Waals surface area (Å²) < 4.78 is 0. The smallest absolute Gasteiger partial charge is 0.225 e. The first kappa shape index (κ1) is 16.0. The van der Waals surface area contributed by atoms with E-state index in [4.69, 9.17) is 0 Å². The largest absolute Gasteiger partial charge is 0.294 e. The number of rotatable bonds is 4. The van der Waals surface area contributed by atoms with Gasteiger partial charge in [-0.05, 0) is 60.1 Å². The third-order valence-corrected chi connectivity index (χ3v) is 4.46. The first-order valence-electron chi connectivity index (χ1n) is 7.85. The Morgan fingerprint density at radius 1 is 0.667 bits per heavy atom. The van der Waals surface area contributed by atoms with E-state index < -0.39 is 11.6 Å². The van der Waals surface area contributed by atoms with Crippen LogP contribution in [0.5, 0.6) is 0 Å². The van der Waals surface area contributed by atoms with E-state index in [0.29, 0.717) is 49.4 Å². The molecule has 4 heteroatoms. The standard InChI is InChI=1S/C20H16O4/c21-11-19(23)17-9-13-1-5-15(17)8-4-14-2-6-16(7-3-13)18(10-14)20(24)12-22/h1-2,5-6,9-12H,3-4,7-8H2. The normalized spacial score (nSPS) is 13.0. The van der Waals surface area contributed by atoms with E-state index in [-0.39, 0.29) is 0 Å². The summed E-state index contributed by atoms with van der Waals surface area (Å²) in [6, 6.07) is 11.2. The van der Waals surface area contributed by atoms with Gasteiger partial charge in [0, 0.05) is 11.1 Å². The quantitative estimate of drug-likeness (QED) is 0.492. The van der Waals surface area contributed by atoms with Crippen molar-refractivity contribution in [3.05, 3.63) is 69.8 Å². The lowest BCUT2D eigenvalue weighted by Gasteiger charge is -2.14. The molecule has 4 bridgehead atoms. The van der Waals surface area contributed by atoms with Gasteiger partial charge in [0.1, 0.15) is 0 Å². The highest BCUT2D eigenvalue weighted by Gasteiger charge is 2.16. The van der Waals surface area contributed by atoms with Gasteiger partial charge < -0.3 is 0 Å². The maximum atomic E-state index is 11.9. The van der Waals surface area contributed by atoms with Crippen molar-refractivity contribution in [1.82, 2.24) is 0 Å². The first-order chi connectivity index (χ1) is 11.6. The van der Waals surface area contributed by atoms with Crippen molar-refractivity contribution in [3.63, 3.8) is 0 Å². The van der Waals surface area contributed by atoms with Gasteiger partial charge in [-0.2, -0.15) is 0 Å². The minimum atomic E-state index is -0.505. The zero-order valence-corrected chi connectivity index (χ0v) is 13.1. The summed E-state index contributed by atoms with van der Waals surface area (Å²) in [6.45, 7) is 0. The second-order valence-electron chi connectivity index (χ2n) is 5.95. The Hall–Kier alpha value is -2.88. The number of ketones is 2. The highest BCUT2D eigenvalue weighted by Crippen LogP contribution is 2.22. The van der Waals surface area contributed by atoms with Gasteiger partial charge in [-0.3, -0.25) is 19.2 Å². The predicted octanol–water partition coefficient (Wildman–Crippen LogP) is 2.33. The molecule has 0 fully saturated rings. The van der Waals surface area contributed by atoms with Crippen molar-refractivity contribution in [2.45, 2.75) is 25.7 Å². The molecule has 0 saturated heterocycles. The lowest BCUT2D eigenvalue weighted by molar-refractivity contribution is -0.105. The maximum absolute atomic E-state index is 11.9. The average molecular weight is 320 g/mol. The van der Waals surface area contributed by atoms with E-state index in [1.807, 2.05) is 24.3 Å². The van der Waals surface area contributed by atoms with E-state index >= 15 is 0 Å². The summed E-state index contributed by atoms with van der Waals surface area (Å²) in [5.74, 6) is -1.01. The molecule has 24 heavy (non-hydrogen) atoms. The van der Waals surface area contributed by atoms with Crippen molar-refractivity contribution in [3.8, 4) is 0 Å². The maximum Gasteiger partial charge on any atom is 0.225 e. The molecule has 0 unspecified atom stereocenters. The van der Waals surface area contributed by atoms with Gasteiger partial charge in [-0.25, -0.2) is 0 Å². The van der Waals surface area contributed by atoms with Crippen LogP contribution in [0.2, 0.25) is 0 Å². The van der Waals surface area contributed by atoms with Gasteiger partial charge >= 0.3 is 0 Å². The summed E-state index contributed by atoms with van der Waals surface area (Å²) in [6.07, 6.45) is 3.12. The van der Waals surface area contributed by atoms with Gasteiger partial charge in [0.05, 0.1) is 0 Å². The highest BCUT2D eigenvalue weighted by atomic mass is 16.2. The number of carbonyl (C=O) groups is 4. The Bertz CT molecular complexity index is 777. The molecule has 2 aromatic carbocycles. The molecule has 4 aliphatic rings. The summed E-state index contributed by atoms with van der Waals surface area (Å²) in [5, 5.41) is 0. The van der Waals surface area contributed by atoms with Crippen LogP contribution in [0.3, 0.4) is 0 Å². The summed E-state index contributed by atoms with van der Waals surface area (Å²) in [5.41, 5.74) is 4.42. The second-order valence-corrected chi connectivity index (χ2v) is 5.95. The second kappa shape index (κ2) is 6.71. The number of aryl methyl sites for hydroxylation is 4. The van der Waals surface area contributed by atoms with E-state index in [1.54, 1.807) is 12.1 Å². The summed E-state index contributed by atoms with van der Waals surface area (Å²) in [7, 11) is 0. The molecule has 0 aliphatic heterocycles. The van der Waals surface area contributed by atoms with E-state index in [2.05, 4.69) is 0 Å². The Kier molecular flexibility index (Phi) is 4.47. The fourth-order valence-corrected chi connectivity index (χ4v) is 3.14. The molecule has 0 atom stereocenters. The molecular formula is C20H16O4. The van der Waals surface area contributed by atoms with Gasteiger partial charge in [0.2, 0.25) is 11.6 Å². The predicted molar refractivity (Wildman–Crippen MR) is 88.5 cm³/mol. The molecule has 120 valence electrons. The van der Waals surface area contributed by atoms with Crippen LogP contribution in [-0.4, -0.2) is 24.1 Å². The molecule has 4 nitrogen and oxygen atoms in total. The lowest BCUT2D eigenvalue weighted by Crippen LogP contribution is -2.11. The van der Waals surface area contributed by atoms with E-state index in [0.717, 1.165) is 22.3 Å². The number of hydrogen-bond acceptors (Lipinski definition) is 4. The monoisotopic (exact) mass is 320 g/mol. The Labute approximate surface area is 139 Å². The lowest BCUT2D eigenvalue weighted by atomic mass is 9.89. The molecular weight excluding hydrogens is 304 g/mol. The van der Waals surface area contributed by atoms with Crippen molar-refractivity contribution in [1.29, 1.82) is 0 Å². The highest BCUT2D eigenvalue weighted by molar-refractivity contribution is 6.34.